The van der Waals surface area contributed by atoms with Gasteiger partial charge in [0.05, 0.1) is 25.8 Å². The summed E-state index contributed by atoms with van der Waals surface area (Å²) < 4.78 is 10.5. The fourth-order valence-corrected chi connectivity index (χ4v) is 3.37. The number of rotatable bonds is 6. The van der Waals surface area contributed by atoms with Crippen LogP contribution in [0.3, 0.4) is 0 Å². The molecule has 1 saturated heterocycles. The number of aliphatic hydroxyl groups is 1. The number of amides is 2. The molecule has 7 heteroatoms. The molecular formula is C21H24N2O5. The highest BCUT2D eigenvalue weighted by atomic mass is 16.5. The van der Waals surface area contributed by atoms with Gasteiger partial charge in [-0.1, -0.05) is 18.2 Å². The molecule has 0 aliphatic carbocycles. The van der Waals surface area contributed by atoms with Crippen LogP contribution in [0.4, 0.5) is 0 Å². The number of nitrogens with one attached hydrogen (secondary N) is 1. The molecule has 0 saturated carbocycles. The van der Waals surface area contributed by atoms with Crippen LogP contribution in [0, 0.1) is 5.92 Å². The van der Waals surface area contributed by atoms with E-state index in [1.165, 1.54) is 7.11 Å². The molecule has 7 nitrogen and oxygen atoms in total. The molecular weight excluding hydrogens is 360 g/mol. The molecule has 0 bridgehead atoms. The number of hydrogen-bond acceptors (Lipinski definition) is 5. The van der Waals surface area contributed by atoms with E-state index in [4.69, 9.17) is 9.47 Å². The average molecular weight is 384 g/mol. The monoisotopic (exact) mass is 384 g/mol. The summed E-state index contributed by atoms with van der Waals surface area (Å²) >= 11 is 0. The summed E-state index contributed by atoms with van der Waals surface area (Å²) in [6.45, 7) is 0.547. The van der Waals surface area contributed by atoms with Gasteiger partial charge in [-0.25, -0.2) is 0 Å². The summed E-state index contributed by atoms with van der Waals surface area (Å²) in [6, 6.07) is 13.6. The first-order chi connectivity index (χ1) is 13.6. The van der Waals surface area contributed by atoms with E-state index in [-0.39, 0.29) is 30.4 Å². The Morgan fingerprint density at radius 2 is 1.86 bits per heavy atom. The first-order valence-electron chi connectivity index (χ1n) is 9.05. The summed E-state index contributed by atoms with van der Waals surface area (Å²) in [5.74, 6) is 0.341. The Bertz CT molecular complexity index is 840. The van der Waals surface area contributed by atoms with Gasteiger partial charge in [0.2, 0.25) is 0 Å². The molecule has 3 rings (SSSR count). The lowest BCUT2D eigenvalue weighted by atomic mass is 10.0. The number of ether oxygens (including phenoxy) is 2. The van der Waals surface area contributed by atoms with Gasteiger partial charge in [0.25, 0.3) is 11.8 Å². The van der Waals surface area contributed by atoms with E-state index in [9.17, 15) is 14.7 Å². The van der Waals surface area contributed by atoms with E-state index < -0.39 is 0 Å². The number of carbonyl (C=O) groups excluding carboxylic acids is 2. The molecule has 0 unspecified atom stereocenters. The van der Waals surface area contributed by atoms with Crippen molar-refractivity contribution in [2.45, 2.75) is 6.04 Å². The second-order valence-electron chi connectivity index (χ2n) is 6.66. The highest BCUT2D eigenvalue weighted by Gasteiger charge is 2.37. The van der Waals surface area contributed by atoms with E-state index in [1.807, 2.05) is 6.07 Å². The standard InChI is InChI=1S/C21H24N2O5/c1-27-16-8-9-17(19(10-16)28-2)21(26)23-11-15(13-24)18(12-23)22-20(25)14-6-4-3-5-7-14/h3-10,15,18,24H,11-13H2,1-2H3,(H,22,25)/t15-,18+/m0/s1. The maximum atomic E-state index is 13.0. The van der Waals surface area contributed by atoms with Gasteiger partial charge in [-0.15, -0.1) is 0 Å². The SMILES string of the molecule is COc1ccc(C(=O)N2C[C@@H](CO)[C@H](NC(=O)c3ccccc3)C2)c(OC)c1. The summed E-state index contributed by atoms with van der Waals surface area (Å²) in [6.07, 6.45) is 0. The number of nitrogens with zero attached hydrogens (tertiary/aromatic N) is 1. The van der Waals surface area contributed by atoms with Crippen LogP contribution >= 0.6 is 0 Å². The van der Waals surface area contributed by atoms with Crippen molar-refractivity contribution in [2.75, 3.05) is 33.9 Å². The average Bonchev–Trinajstić information content (AvgIpc) is 3.16. The van der Waals surface area contributed by atoms with Gasteiger partial charge in [0.15, 0.2) is 0 Å². The van der Waals surface area contributed by atoms with Gasteiger partial charge >= 0.3 is 0 Å². The Morgan fingerprint density at radius 1 is 1.11 bits per heavy atom. The molecule has 1 fully saturated rings. The Kier molecular flexibility index (Phi) is 6.16. The van der Waals surface area contributed by atoms with Crippen LogP contribution in [0.1, 0.15) is 20.7 Å². The third kappa shape index (κ3) is 4.09. The summed E-state index contributed by atoms with van der Waals surface area (Å²) in [5, 5.41) is 12.7. The number of likely N-dealkylation sites (tertiary alicyclic amines) is 1. The van der Waals surface area contributed by atoms with Crippen molar-refractivity contribution < 1.29 is 24.2 Å². The quantitative estimate of drug-likeness (QED) is 0.789. The third-order valence-corrected chi connectivity index (χ3v) is 4.95. The second kappa shape index (κ2) is 8.75. The van der Waals surface area contributed by atoms with Crippen LogP contribution in [0.15, 0.2) is 48.5 Å². The van der Waals surface area contributed by atoms with E-state index >= 15 is 0 Å². The van der Waals surface area contributed by atoms with Crippen molar-refractivity contribution in [2.24, 2.45) is 5.92 Å². The normalized spacial score (nSPS) is 18.6. The van der Waals surface area contributed by atoms with Crippen molar-refractivity contribution in [3.05, 3.63) is 59.7 Å². The highest BCUT2D eigenvalue weighted by Crippen LogP contribution is 2.28. The Balaban J connectivity index is 1.74. The van der Waals surface area contributed by atoms with Gasteiger partial charge in [-0.2, -0.15) is 0 Å². The van der Waals surface area contributed by atoms with Gasteiger partial charge in [-0.05, 0) is 24.3 Å². The molecule has 2 amide bonds. The maximum absolute atomic E-state index is 13.0. The number of methoxy groups -OCH3 is 2. The third-order valence-electron chi connectivity index (χ3n) is 4.95. The van der Waals surface area contributed by atoms with Gasteiger partial charge in [-0.3, -0.25) is 9.59 Å². The molecule has 0 aromatic heterocycles. The summed E-state index contributed by atoms with van der Waals surface area (Å²) in [7, 11) is 3.04. The molecule has 0 spiro atoms. The minimum atomic E-state index is -0.328. The summed E-state index contributed by atoms with van der Waals surface area (Å²) in [5.41, 5.74) is 0.954. The van der Waals surface area contributed by atoms with Gasteiger partial charge in [0.1, 0.15) is 11.5 Å². The molecule has 1 aliphatic rings. The van der Waals surface area contributed by atoms with Crippen LogP contribution in [0.5, 0.6) is 11.5 Å². The van der Waals surface area contributed by atoms with E-state index in [0.717, 1.165) is 0 Å². The minimum Gasteiger partial charge on any atom is -0.497 e. The number of benzene rings is 2. The van der Waals surface area contributed by atoms with Crippen molar-refractivity contribution in [1.82, 2.24) is 10.2 Å². The molecule has 1 aliphatic heterocycles. The lowest BCUT2D eigenvalue weighted by molar-refractivity contribution is 0.0774. The van der Waals surface area contributed by atoms with Crippen LogP contribution in [-0.4, -0.2) is 61.8 Å². The molecule has 2 N–H and O–H groups in total. The predicted octanol–water partition coefficient (Wildman–Crippen LogP) is 1.57. The molecule has 2 atom stereocenters. The van der Waals surface area contributed by atoms with E-state index in [1.54, 1.807) is 54.5 Å². The molecule has 148 valence electrons. The Hall–Kier alpha value is -3.06. The van der Waals surface area contributed by atoms with Crippen molar-refractivity contribution in [3.63, 3.8) is 0 Å². The van der Waals surface area contributed by atoms with Crippen molar-refractivity contribution in [1.29, 1.82) is 0 Å². The molecule has 2 aromatic carbocycles. The van der Waals surface area contributed by atoms with Crippen molar-refractivity contribution >= 4 is 11.8 Å². The smallest absolute Gasteiger partial charge is 0.257 e. The topological polar surface area (TPSA) is 88.1 Å². The van der Waals surface area contributed by atoms with Crippen molar-refractivity contribution in [3.8, 4) is 11.5 Å². The summed E-state index contributed by atoms with van der Waals surface area (Å²) in [4.78, 5) is 27.1. The first-order valence-corrected chi connectivity index (χ1v) is 9.05. The van der Waals surface area contributed by atoms with Crippen LogP contribution < -0.4 is 14.8 Å². The lowest BCUT2D eigenvalue weighted by Crippen LogP contribution is -2.42. The Labute approximate surface area is 163 Å². The predicted molar refractivity (Wildman–Crippen MR) is 104 cm³/mol. The lowest BCUT2D eigenvalue weighted by Gasteiger charge is -2.19. The second-order valence-corrected chi connectivity index (χ2v) is 6.66. The zero-order valence-corrected chi connectivity index (χ0v) is 15.9. The van der Waals surface area contributed by atoms with Crippen LogP contribution in [0.25, 0.3) is 0 Å². The molecule has 1 heterocycles. The molecule has 28 heavy (non-hydrogen) atoms. The largest absolute Gasteiger partial charge is 0.497 e. The van der Waals surface area contributed by atoms with Gasteiger partial charge < -0.3 is 24.8 Å². The zero-order valence-electron chi connectivity index (χ0n) is 15.9. The number of carbonyl (C=O) groups is 2. The first kappa shape index (κ1) is 19.7. The van der Waals surface area contributed by atoms with Crippen LogP contribution in [0.2, 0.25) is 0 Å². The Morgan fingerprint density at radius 3 is 2.50 bits per heavy atom. The zero-order chi connectivity index (χ0) is 20.1. The molecule has 2 aromatic rings. The van der Waals surface area contributed by atoms with E-state index in [0.29, 0.717) is 35.7 Å². The van der Waals surface area contributed by atoms with E-state index in [2.05, 4.69) is 5.32 Å². The van der Waals surface area contributed by atoms with Gasteiger partial charge in [0, 0.05) is 37.2 Å². The highest BCUT2D eigenvalue weighted by molar-refractivity contribution is 5.98. The minimum absolute atomic E-state index is 0.122. The van der Waals surface area contributed by atoms with Crippen LogP contribution in [-0.2, 0) is 0 Å². The fraction of sp³-hybridized carbons (Fsp3) is 0.333. The maximum Gasteiger partial charge on any atom is 0.257 e. The fourth-order valence-electron chi connectivity index (χ4n) is 3.37. The number of hydrogen-bond donors (Lipinski definition) is 2. The number of aliphatic hydroxyl groups excluding tert-OH is 1. The molecule has 0 radical (unpaired) electrons.